The Balaban J connectivity index is 1.62. The number of fused-ring (bicyclic) bond motifs is 1. The molecule has 1 nitrogen and oxygen atoms in total. The summed E-state index contributed by atoms with van der Waals surface area (Å²) in [6, 6.07) is 8.40. The summed E-state index contributed by atoms with van der Waals surface area (Å²) in [6.45, 7) is 2.35. The van der Waals surface area contributed by atoms with Gasteiger partial charge in [-0.25, -0.2) is 0 Å². The van der Waals surface area contributed by atoms with E-state index < -0.39 is 0 Å². The van der Waals surface area contributed by atoms with Crippen LogP contribution in [0.5, 0.6) is 5.75 Å². The van der Waals surface area contributed by atoms with Crippen LogP contribution in [-0.4, -0.2) is 11.5 Å². The van der Waals surface area contributed by atoms with Gasteiger partial charge in [-0.2, -0.15) is 0 Å². The zero-order chi connectivity index (χ0) is 12.5. The van der Waals surface area contributed by atoms with Crippen LogP contribution in [-0.2, 0) is 6.42 Å². The minimum Gasteiger partial charge on any atom is -0.490 e. The van der Waals surface area contributed by atoms with E-state index in [1.807, 2.05) is 6.07 Å². The Kier molecular flexibility index (Phi) is 3.52. The maximum absolute atomic E-state index is 6.48. The molecule has 2 aliphatic rings. The maximum atomic E-state index is 6.48. The van der Waals surface area contributed by atoms with Gasteiger partial charge in [0.25, 0.3) is 0 Å². The van der Waals surface area contributed by atoms with Crippen LogP contribution in [0.15, 0.2) is 24.3 Å². The average Bonchev–Trinajstić information content (AvgIpc) is 2.76. The van der Waals surface area contributed by atoms with Crippen molar-refractivity contribution in [3.05, 3.63) is 29.8 Å². The molecule has 1 aromatic rings. The van der Waals surface area contributed by atoms with Crippen LogP contribution in [0.4, 0.5) is 0 Å². The van der Waals surface area contributed by atoms with Crippen molar-refractivity contribution < 1.29 is 4.74 Å². The van der Waals surface area contributed by atoms with Gasteiger partial charge in [0, 0.05) is 11.8 Å². The number of halogens is 1. The monoisotopic (exact) mass is 264 g/mol. The molecule has 4 unspecified atom stereocenters. The Hall–Kier alpha value is -0.690. The van der Waals surface area contributed by atoms with E-state index in [-0.39, 0.29) is 0 Å². The number of benzene rings is 1. The molecule has 0 aromatic heterocycles. The second kappa shape index (κ2) is 5.13. The van der Waals surface area contributed by atoms with E-state index in [4.69, 9.17) is 16.3 Å². The highest BCUT2D eigenvalue weighted by atomic mass is 35.5. The number of ether oxygens (including phenoxy) is 1. The van der Waals surface area contributed by atoms with Crippen LogP contribution < -0.4 is 4.74 Å². The molecule has 1 saturated carbocycles. The van der Waals surface area contributed by atoms with Gasteiger partial charge < -0.3 is 4.74 Å². The molecule has 1 aliphatic carbocycles. The largest absolute Gasteiger partial charge is 0.490 e. The van der Waals surface area contributed by atoms with E-state index in [2.05, 4.69) is 25.1 Å². The molecule has 1 fully saturated rings. The van der Waals surface area contributed by atoms with Gasteiger partial charge in [-0.05, 0) is 49.1 Å². The Labute approximate surface area is 114 Å². The van der Waals surface area contributed by atoms with Crippen LogP contribution in [0.25, 0.3) is 0 Å². The number of rotatable bonds is 2. The molecule has 4 atom stereocenters. The van der Waals surface area contributed by atoms with Crippen molar-refractivity contribution in [3.8, 4) is 5.75 Å². The Morgan fingerprint density at radius 2 is 2.11 bits per heavy atom. The second-order valence-corrected chi connectivity index (χ2v) is 6.54. The predicted molar refractivity (Wildman–Crippen MR) is 75.3 cm³/mol. The average molecular weight is 265 g/mol. The van der Waals surface area contributed by atoms with Crippen LogP contribution in [0, 0.1) is 11.8 Å². The van der Waals surface area contributed by atoms with E-state index >= 15 is 0 Å². The van der Waals surface area contributed by atoms with Crippen molar-refractivity contribution in [2.45, 2.75) is 50.5 Å². The van der Waals surface area contributed by atoms with Crippen LogP contribution in [0.2, 0.25) is 0 Å². The zero-order valence-corrected chi connectivity index (χ0v) is 11.7. The summed E-state index contributed by atoms with van der Waals surface area (Å²) in [4.78, 5) is 0. The highest BCUT2D eigenvalue weighted by Gasteiger charge is 2.32. The number of hydrogen-bond acceptors (Lipinski definition) is 1. The normalized spacial score (nSPS) is 35.0. The van der Waals surface area contributed by atoms with E-state index in [1.54, 1.807) is 0 Å². The first-order valence-corrected chi connectivity index (χ1v) is 7.54. The molecule has 0 saturated heterocycles. The summed E-state index contributed by atoms with van der Waals surface area (Å²) < 4.78 is 6.03. The van der Waals surface area contributed by atoms with E-state index in [0.29, 0.717) is 17.4 Å². The second-order valence-electron chi connectivity index (χ2n) is 5.98. The number of hydrogen-bond donors (Lipinski definition) is 0. The lowest BCUT2D eigenvalue weighted by Crippen LogP contribution is -2.29. The predicted octanol–water partition coefficient (Wildman–Crippen LogP) is 4.42. The fourth-order valence-electron chi connectivity index (χ4n) is 3.43. The molecule has 98 valence electrons. The van der Waals surface area contributed by atoms with E-state index in [1.165, 1.54) is 24.8 Å². The highest BCUT2D eigenvalue weighted by Crippen LogP contribution is 2.38. The van der Waals surface area contributed by atoms with E-state index in [0.717, 1.165) is 24.5 Å². The minimum absolute atomic E-state index is 0.346. The van der Waals surface area contributed by atoms with Gasteiger partial charge in [0.2, 0.25) is 0 Å². The van der Waals surface area contributed by atoms with Crippen molar-refractivity contribution in [3.63, 3.8) is 0 Å². The molecule has 0 radical (unpaired) electrons. The molecule has 0 amide bonds. The molecular formula is C16H21ClO. The Morgan fingerprint density at radius 1 is 1.28 bits per heavy atom. The first-order valence-electron chi connectivity index (χ1n) is 7.11. The van der Waals surface area contributed by atoms with Crippen LogP contribution >= 0.6 is 11.6 Å². The lowest BCUT2D eigenvalue weighted by atomic mass is 9.79. The first-order chi connectivity index (χ1) is 8.72. The van der Waals surface area contributed by atoms with Crippen LogP contribution in [0.1, 0.15) is 38.2 Å². The summed E-state index contributed by atoms with van der Waals surface area (Å²) in [5.41, 5.74) is 1.36. The Morgan fingerprint density at radius 3 is 2.94 bits per heavy atom. The zero-order valence-electron chi connectivity index (χ0n) is 10.9. The molecule has 1 aromatic carbocycles. The maximum Gasteiger partial charge on any atom is 0.123 e. The molecular weight excluding hydrogens is 244 g/mol. The lowest BCUT2D eigenvalue weighted by Gasteiger charge is -2.32. The quantitative estimate of drug-likeness (QED) is 0.719. The molecule has 0 bridgehead atoms. The smallest absolute Gasteiger partial charge is 0.123 e. The van der Waals surface area contributed by atoms with Gasteiger partial charge in [-0.15, -0.1) is 11.6 Å². The highest BCUT2D eigenvalue weighted by molar-refractivity contribution is 6.20. The van der Waals surface area contributed by atoms with Gasteiger partial charge in [-0.1, -0.05) is 25.1 Å². The summed E-state index contributed by atoms with van der Waals surface area (Å²) in [5, 5.41) is 0.355. The fraction of sp³-hybridized carbons (Fsp3) is 0.625. The summed E-state index contributed by atoms with van der Waals surface area (Å²) in [6.07, 6.45) is 6.25. The molecule has 1 aliphatic heterocycles. The van der Waals surface area contributed by atoms with Crippen molar-refractivity contribution >= 4 is 11.6 Å². The Bertz CT molecular complexity index is 392. The van der Waals surface area contributed by atoms with Crippen molar-refractivity contribution in [1.82, 2.24) is 0 Å². The third-order valence-electron chi connectivity index (χ3n) is 4.43. The fourth-order valence-corrected chi connectivity index (χ4v) is 3.76. The minimum atomic E-state index is 0.346. The third kappa shape index (κ3) is 2.51. The van der Waals surface area contributed by atoms with Gasteiger partial charge >= 0.3 is 0 Å². The summed E-state index contributed by atoms with van der Waals surface area (Å²) >= 11 is 6.48. The molecule has 0 spiro atoms. The molecule has 1 heterocycles. The van der Waals surface area contributed by atoms with Crippen molar-refractivity contribution in [2.75, 3.05) is 0 Å². The lowest BCUT2D eigenvalue weighted by molar-refractivity contribution is 0.163. The molecule has 0 N–H and O–H groups in total. The number of alkyl halides is 1. The molecule has 3 rings (SSSR count). The molecule has 18 heavy (non-hydrogen) atoms. The van der Waals surface area contributed by atoms with Crippen molar-refractivity contribution in [1.29, 1.82) is 0 Å². The van der Waals surface area contributed by atoms with Crippen LogP contribution in [0.3, 0.4) is 0 Å². The van der Waals surface area contributed by atoms with Gasteiger partial charge in [-0.3, -0.25) is 0 Å². The first kappa shape index (κ1) is 12.3. The standard InChI is InChI=1S/C16H21ClO/c1-11-6-7-15(17)13(8-11)10-14-9-12-4-2-3-5-16(12)18-14/h2-5,11,13-15H,6-10H2,1H3. The van der Waals surface area contributed by atoms with E-state index in [9.17, 15) is 0 Å². The van der Waals surface area contributed by atoms with Gasteiger partial charge in [0.15, 0.2) is 0 Å². The van der Waals surface area contributed by atoms with Gasteiger partial charge in [0.1, 0.15) is 11.9 Å². The molecule has 2 heteroatoms. The summed E-state index contributed by atoms with van der Waals surface area (Å²) in [7, 11) is 0. The summed E-state index contributed by atoms with van der Waals surface area (Å²) in [5.74, 6) is 2.54. The number of para-hydroxylation sites is 1. The van der Waals surface area contributed by atoms with Gasteiger partial charge in [0.05, 0.1) is 0 Å². The van der Waals surface area contributed by atoms with Crippen molar-refractivity contribution in [2.24, 2.45) is 11.8 Å². The topological polar surface area (TPSA) is 9.23 Å². The SMILES string of the molecule is CC1CCC(Cl)C(CC2Cc3ccccc3O2)C1. The third-order valence-corrected chi connectivity index (χ3v) is 5.01.